The Balaban J connectivity index is 1.26. The van der Waals surface area contributed by atoms with Gasteiger partial charge in [-0.05, 0) is 73.7 Å². The molecule has 1 unspecified atom stereocenters. The van der Waals surface area contributed by atoms with Crippen molar-refractivity contribution >= 4 is 27.3 Å². The lowest BCUT2D eigenvalue weighted by molar-refractivity contribution is -0.116. The average Bonchev–Trinajstić information content (AvgIpc) is 2.90. The van der Waals surface area contributed by atoms with Crippen molar-refractivity contribution in [3.63, 3.8) is 0 Å². The number of aryl methyl sites for hydroxylation is 1. The van der Waals surface area contributed by atoms with Gasteiger partial charge >= 0.3 is 0 Å². The number of carbonyl (C=O) groups is 1. The molecule has 4 rings (SSSR count). The fraction of sp³-hybridized carbons (Fsp3) is 0.321. The summed E-state index contributed by atoms with van der Waals surface area (Å²) in [5.41, 5.74) is 3.88. The number of hydrogen-bond donors (Lipinski definition) is 2. The summed E-state index contributed by atoms with van der Waals surface area (Å²) in [6.45, 7) is 3.29. The summed E-state index contributed by atoms with van der Waals surface area (Å²) in [4.78, 5) is 12.8. The molecule has 1 atom stereocenters. The topological polar surface area (TPSA) is 78.5 Å². The van der Waals surface area contributed by atoms with Crippen LogP contribution in [-0.4, -0.2) is 31.7 Å². The first-order valence-corrected chi connectivity index (χ1v) is 13.7. The van der Waals surface area contributed by atoms with E-state index >= 15 is 0 Å². The Kier molecular flexibility index (Phi) is 8.21. The van der Waals surface area contributed by atoms with E-state index in [0.717, 1.165) is 36.2 Å². The maximum Gasteiger partial charge on any atom is 0.243 e. The Hall–Kier alpha value is -3.16. The number of nitrogens with zero attached hydrogens (tertiary/aromatic N) is 1. The summed E-state index contributed by atoms with van der Waals surface area (Å²) < 4.78 is 27.1. The van der Waals surface area contributed by atoms with E-state index in [-0.39, 0.29) is 11.9 Å². The second-order valence-corrected chi connectivity index (χ2v) is 10.9. The Morgan fingerprint density at radius 2 is 1.49 bits per heavy atom. The third kappa shape index (κ3) is 6.71. The molecule has 1 saturated heterocycles. The molecule has 0 saturated carbocycles. The van der Waals surface area contributed by atoms with E-state index < -0.39 is 10.0 Å². The smallest absolute Gasteiger partial charge is 0.243 e. The summed E-state index contributed by atoms with van der Waals surface area (Å²) >= 11 is 0. The SMILES string of the molecule is CC(Nc1ccc(NC(=O)CCc2ccc(S(=O)(=O)N3CCCCC3)cc2)cc1)c1ccccc1. The van der Waals surface area contributed by atoms with Crippen molar-refractivity contribution in [1.82, 2.24) is 4.31 Å². The van der Waals surface area contributed by atoms with Crippen LogP contribution in [0.1, 0.15) is 49.8 Å². The first kappa shape index (κ1) is 24.9. The lowest BCUT2D eigenvalue weighted by Gasteiger charge is -2.25. The van der Waals surface area contributed by atoms with E-state index in [1.54, 1.807) is 28.6 Å². The zero-order valence-corrected chi connectivity index (χ0v) is 20.9. The van der Waals surface area contributed by atoms with Crippen molar-refractivity contribution in [3.05, 3.63) is 90.0 Å². The van der Waals surface area contributed by atoms with Gasteiger partial charge in [0.15, 0.2) is 0 Å². The molecule has 0 bridgehead atoms. The monoisotopic (exact) mass is 491 g/mol. The van der Waals surface area contributed by atoms with Gasteiger partial charge in [-0.25, -0.2) is 8.42 Å². The normalized spacial score (nSPS) is 15.3. The first-order valence-electron chi connectivity index (χ1n) is 12.2. The second-order valence-electron chi connectivity index (χ2n) is 9.01. The molecule has 1 heterocycles. The van der Waals surface area contributed by atoms with Crippen molar-refractivity contribution in [2.24, 2.45) is 0 Å². The van der Waals surface area contributed by atoms with Gasteiger partial charge in [0.05, 0.1) is 4.90 Å². The molecule has 1 amide bonds. The summed E-state index contributed by atoms with van der Waals surface area (Å²) in [6.07, 6.45) is 3.78. The van der Waals surface area contributed by atoms with Gasteiger partial charge in [-0.1, -0.05) is 48.9 Å². The molecule has 1 aliphatic heterocycles. The molecular weight excluding hydrogens is 458 g/mol. The zero-order valence-electron chi connectivity index (χ0n) is 20.1. The predicted molar refractivity (Wildman–Crippen MR) is 141 cm³/mol. The summed E-state index contributed by atoms with van der Waals surface area (Å²) in [7, 11) is -3.43. The maximum atomic E-state index is 12.8. The Bertz CT molecular complexity index is 1200. The van der Waals surface area contributed by atoms with E-state index in [1.807, 2.05) is 42.5 Å². The highest BCUT2D eigenvalue weighted by Crippen LogP contribution is 2.22. The standard InChI is InChI=1S/C28H33N3O3S/c1-22(24-8-4-2-5-9-24)29-25-13-15-26(16-14-25)30-28(32)19-12-23-10-17-27(18-11-23)35(33,34)31-20-6-3-7-21-31/h2,4-5,8-11,13-18,22,29H,3,6-7,12,19-21H2,1H3,(H,30,32). The molecule has 1 fully saturated rings. The number of hydrogen-bond acceptors (Lipinski definition) is 4. The highest BCUT2D eigenvalue weighted by Gasteiger charge is 2.25. The van der Waals surface area contributed by atoms with Crippen LogP contribution in [0.3, 0.4) is 0 Å². The molecular formula is C28H33N3O3S. The van der Waals surface area contributed by atoms with E-state index in [4.69, 9.17) is 0 Å². The molecule has 35 heavy (non-hydrogen) atoms. The Morgan fingerprint density at radius 3 is 2.14 bits per heavy atom. The first-order chi connectivity index (χ1) is 16.9. The molecule has 1 aliphatic rings. The largest absolute Gasteiger partial charge is 0.379 e. The molecule has 3 aromatic rings. The van der Waals surface area contributed by atoms with E-state index in [1.165, 1.54) is 5.56 Å². The highest BCUT2D eigenvalue weighted by molar-refractivity contribution is 7.89. The van der Waals surface area contributed by atoms with Crippen LogP contribution >= 0.6 is 0 Å². The fourth-order valence-electron chi connectivity index (χ4n) is 4.29. The van der Waals surface area contributed by atoms with Gasteiger partial charge in [0.2, 0.25) is 15.9 Å². The van der Waals surface area contributed by atoms with Gasteiger partial charge in [-0.15, -0.1) is 0 Å². The van der Waals surface area contributed by atoms with Crippen LogP contribution in [0.4, 0.5) is 11.4 Å². The maximum absolute atomic E-state index is 12.8. The van der Waals surface area contributed by atoms with Gasteiger partial charge < -0.3 is 10.6 Å². The summed E-state index contributed by atoms with van der Waals surface area (Å²) in [5.74, 6) is -0.0756. The molecule has 0 aromatic heterocycles. The van der Waals surface area contributed by atoms with Crippen molar-refractivity contribution in [3.8, 4) is 0 Å². The van der Waals surface area contributed by atoms with Crippen molar-refractivity contribution in [2.75, 3.05) is 23.7 Å². The van der Waals surface area contributed by atoms with Crippen molar-refractivity contribution < 1.29 is 13.2 Å². The molecule has 7 heteroatoms. The van der Waals surface area contributed by atoms with Crippen LogP contribution in [0.5, 0.6) is 0 Å². The zero-order chi connectivity index (χ0) is 24.7. The highest BCUT2D eigenvalue weighted by atomic mass is 32.2. The number of piperidine rings is 1. The third-order valence-electron chi connectivity index (χ3n) is 6.37. The van der Waals surface area contributed by atoms with Crippen molar-refractivity contribution in [1.29, 1.82) is 0 Å². The van der Waals surface area contributed by atoms with E-state index in [0.29, 0.717) is 30.8 Å². The molecule has 3 aromatic carbocycles. The lowest BCUT2D eigenvalue weighted by Crippen LogP contribution is -2.35. The van der Waals surface area contributed by atoms with Gasteiger partial charge in [0, 0.05) is 36.9 Å². The Morgan fingerprint density at radius 1 is 0.857 bits per heavy atom. The summed E-state index contributed by atoms with van der Waals surface area (Å²) in [5, 5.41) is 6.40. The fourth-order valence-corrected chi connectivity index (χ4v) is 5.81. The average molecular weight is 492 g/mol. The number of carbonyl (C=O) groups excluding carboxylic acids is 1. The molecule has 0 spiro atoms. The minimum absolute atomic E-state index is 0.0756. The van der Waals surface area contributed by atoms with Crippen LogP contribution in [0.2, 0.25) is 0 Å². The van der Waals surface area contributed by atoms with E-state index in [2.05, 4.69) is 29.7 Å². The lowest BCUT2D eigenvalue weighted by atomic mass is 10.1. The van der Waals surface area contributed by atoms with Gasteiger partial charge in [0.1, 0.15) is 0 Å². The molecule has 184 valence electrons. The number of rotatable bonds is 9. The third-order valence-corrected chi connectivity index (χ3v) is 8.28. The van der Waals surface area contributed by atoms with Crippen LogP contribution in [0.15, 0.2) is 83.8 Å². The van der Waals surface area contributed by atoms with Gasteiger partial charge in [-0.2, -0.15) is 4.31 Å². The van der Waals surface area contributed by atoms with E-state index in [9.17, 15) is 13.2 Å². The number of anilines is 2. The van der Waals surface area contributed by atoms with Crippen LogP contribution in [0, 0.1) is 0 Å². The second kappa shape index (κ2) is 11.5. The summed E-state index contributed by atoms with van der Waals surface area (Å²) in [6, 6.07) is 25.0. The number of amides is 1. The quantitative estimate of drug-likeness (QED) is 0.408. The van der Waals surface area contributed by atoms with Gasteiger partial charge in [-0.3, -0.25) is 4.79 Å². The molecule has 0 aliphatic carbocycles. The van der Waals surface area contributed by atoms with Gasteiger partial charge in [0.25, 0.3) is 0 Å². The number of nitrogens with one attached hydrogen (secondary N) is 2. The number of sulfonamides is 1. The molecule has 6 nitrogen and oxygen atoms in total. The molecule has 2 N–H and O–H groups in total. The van der Waals surface area contributed by atoms with Crippen LogP contribution in [0.25, 0.3) is 0 Å². The minimum atomic E-state index is -3.43. The minimum Gasteiger partial charge on any atom is -0.379 e. The predicted octanol–water partition coefficient (Wildman–Crippen LogP) is 5.61. The van der Waals surface area contributed by atoms with Crippen LogP contribution < -0.4 is 10.6 Å². The Labute approximate surface area is 208 Å². The number of benzene rings is 3. The van der Waals surface area contributed by atoms with Crippen LogP contribution in [-0.2, 0) is 21.2 Å². The molecule has 0 radical (unpaired) electrons. The van der Waals surface area contributed by atoms with Crippen molar-refractivity contribution in [2.45, 2.75) is 50.0 Å².